The summed E-state index contributed by atoms with van der Waals surface area (Å²) in [4.78, 5) is 0. The molecule has 3 rings (SSSR count). The number of aryl methyl sites for hydroxylation is 1. The molecule has 0 atom stereocenters. The first-order valence-electron chi connectivity index (χ1n) is 10.0. The first-order chi connectivity index (χ1) is 14.3. The predicted molar refractivity (Wildman–Crippen MR) is 108 cm³/mol. The van der Waals surface area contributed by atoms with E-state index in [1.54, 1.807) is 12.1 Å². The Kier molecular flexibility index (Phi) is 6.95. The van der Waals surface area contributed by atoms with Gasteiger partial charge in [-0.25, -0.2) is 8.78 Å². The number of hydrogen-bond donors (Lipinski definition) is 0. The SMILES string of the molecule is CCCCCCCc1ccc2cc(-c3cc(F)c(OC(F)(F)F)c(F)c3)ccc2c1. The highest BCUT2D eigenvalue weighted by molar-refractivity contribution is 5.88. The van der Waals surface area contributed by atoms with Gasteiger partial charge in [0.1, 0.15) is 0 Å². The predicted octanol–water partition coefficient (Wildman–Crippen LogP) is 8.20. The molecule has 0 saturated heterocycles. The Morgan fingerprint density at radius 3 is 2.03 bits per heavy atom. The highest BCUT2D eigenvalue weighted by atomic mass is 19.4. The molecular weight excluding hydrogens is 399 g/mol. The van der Waals surface area contributed by atoms with Crippen molar-refractivity contribution in [1.82, 2.24) is 0 Å². The average molecular weight is 422 g/mol. The first kappa shape index (κ1) is 22.1. The van der Waals surface area contributed by atoms with Crippen LogP contribution in [0.1, 0.15) is 44.6 Å². The number of unbranched alkanes of at least 4 members (excludes halogenated alkanes) is 4. The molecule has 0 radical (unpaired) electrons. The second-order valence-electron chi connectivity index (χ2n) is 7.38. The molecule has 0 fully saturated rings. The van der Waals surface area contributed by atoms with Gasteiger partial charge in [0.2, 0.25) is 5.75 Å². The van der Waals surface area contributed by atoms with Crippen LogP contribution in [0, 0.1) is 11.6 Å². The van der Waals surface area contributed by atoms with Crippen LogP contribution in [0.4, 0.5) is 22.0 Å². The molecule has 0 amide bonds. The van der Waals surface area contributed by atoms with E-state index >= 15 is 0 Å². The third-order valence-electron chi connectivity index (χ3n) is 5.02. The Labute approximate surface area is 172 Å². The molecule has 0 unspecified atom stereocenters. The van der Waals surface area contributed by atoms with Crippen molar-refractivity contribution in [3.05, 3.63) is 65.7 Å². The lowest BCUT2D eigenvalue weighted by Gasteiger charge is -2.12. The van der Waals surface area contributed by atoms with Crippen molar-refractivity contribution in [1.29, 1.82) is 0 Å². The lowest BCUT2D eigenvalue weighted by atomic mass is 9.98. The fourth-order valence-electron chi connectivity index (χ4n) is 3.50. The zero-order chi connectivity index (χ0) is 21.7. The summed E-state index contributed by atoms with van der Waals surface area (Å²) in [6, 6.07) is 13.1. The van der Waals surface area contributed by atoms with Crippen molar-refractivity contribution in [2.24, 2.45) is 0 Å². The Morgan fingerprint density at radius 2 is 1.37 bits per heavy atom. The Bertz CT molecular complexity index is 987. The quantitative estimate of drug-likeness (QED) is 0.263. The smallest absolute Gasteiger partial charge is 0.399 e. The number of alkyl halides is 3. The van der Waals surface area contributed by atoms with Crippen LogP contribution in [0.2, 0.25) is 0 Å². The van der Waals surface area contributed by atoms with Crippen molar-refractivity contribution >= 4 is 10.8 Å². The zero-order valence-corrected chi connectivity index (χ0v) is 16.7. The van der Waals surface area contributed by atoms with Crippen LogP contribution in [-0.4, -0.2) is 6.36 Å². The molecule has 0 saturated carbocycles. The summed E-state index contributed by atoms with van der Waals surface area (Å²) in [6.07, 6.45) is 1.88. The number of halogens is 5. The summed E-state index contributed by atoms with van der Waals surface area (Å²) in [5.74, 6) is -4.25. The van der Waals surface area contributed by atoms with Gasteiger partial charge in [-0.1, -0.05) is 62.9 Å². The van der Waals surface area contributed by atoms with Gasteiger partial charge in [0.25, 0.3) is 0 Å². The summed E-state index contributed by atoms with van der Waals surface area (Å²) >= 11 is 0. The molecule has 0 bridgehead atoms. The number of fused-ring (bicyclic) bond motifs is 1. The highest BCUT2D eigenvalue weighted by Crippen LogP contribution is 2.33. The minimum Gasteiger partial charge on any atom is -0.399 e. The molecule has 160 valence electrons. The van der Waals surface area contributed by atoms with Gasteiger partial charge in [0.05, 0.1) is 0 Å². The van der Waals surface area contributed by atoms with Crippen molar-refractivity contribution in [3.8, 4) is 16.9 Å². The second kappa shape index (κ2) is 9.45. The minimum absolute atomic E-state index is 0.140. The fourth-order valence-corrected chi connectivity index (χ4v) is 3.50. The first-order valence-corrected chi connectivity index (χ1v) is 10.0. The average Bonchev–Trinajstić information content (AvgIpc) is 2.69. The summed E-state index contributed by atoms with van der Waals surface area (Å²) in [6.45, 7) is 2.19. The van der Waals surface area contributed by atoms with Crippen molar-refractivity contribution < 1.29 is 26.7 Å². The van der Waals surface area contributed by atoms with E-state index in [0.29, 0.717) is 5.56 Å². The highest BCUT2D eigenvalue weighted by Gasteiger charge is 2.34. The molecule has 0 aliphatic heterocycles. The molecular formula is C24H23F5O. The van der Waals surface area contributed by atoms with E-state index in [1.807, 2.05) is 18.2 Å². The number of rotatable bonds is 8. The lowest BCUT2D eigenvalue weighted by molar-refractivity contribution is -0.276. The number of hydrogen-bond acceptors (Lipinski definition) is 1. The number of ether oxygens (including phenoxy) is 1. The zero-order valence-electron chi connectivity index (χ0n) is 16.7. The van der Waals surface area contributed by atoms with Crippen LogP contribution in [0.5, 0.6) is 5.75 Å². The molecule has 3 aromatic rings. The largest absolute Gasteiger partial charge is 0.573 e. The maximum Gasteiger partial charge on any atom is 0.573 e. The topological polar surface area (TPSA) is 9.23 Å². The van der Waals surface area contributed by atoms with E-state index in [4.69, 9.17) is 0 Å². The van der Waals surface area contributed by atoms with Gasteiger partial charge in [-0.2, -0.15) is 0 Å². The van der Waals surface area contributed by atoms with Gasteiger partial charge in [0, 0.05) is 0 Å². The van der Waals surface area contributed by atoms with Crippen LogP contribution in [0.3, 0.4) is 0 Å². The van der Waals surface area contributed by atoms with Gasteiger partial charge in [0.15, 0.2) is 11.6 Å². The molecule has 0 heterocycles. The normalized spacial score (nSPS) is 11.8. The summed E-state index contributed by atoms with van der Waals surface area (Å²) < 4.78 is 68.4. The van der Waals surface area contributed by atoms with E-state index in [1.165, 1.54) is 31.2 Å². The maximum atomic E-state index is 14.0. The van der Waals surface area contributed by atoms with Gasteiger partial charge in [-0.05, 0) is 58.5 Å². The third-order valence-corrected chi connectivity index (χ3v) is 5.02. The molecule has 1 nitrogen and oxygen atoms in total. The minimum atomic E-state index is -5.17. The van der Waals surface area contributed by atoms with E-state index in [9.17, 15) is 22.0 Å². The molecule has 3 aromatic carbocycles. The summed E-state index contributed by atoms with van der Waals surface area (Å²) in [5, 5.41) is 1.89. The van der Waals surface area contributed by atoms with Crippen LogP contribution in [-0.2, 0) is 6.42 Å². The Morgan fingerprint density at radius 1 is 0.733 bits per heavy atom. The Balaban J connectivity index is 1.79. The van der Waals surface area contributed by atoms with E-state index in [0.717, 1.165) is 35.7 Å². The van der Waals surface area contributed by atoms with E-state index in [-0.39, 0.29) is 5.56 Å². The van der Waals surface area contributed by atoms with Crippen LogP contribution < -0.4 is 4.74 Å². The summed E-state index contributed by atoms with van der Waals surface area (Å²) in [5.41, 5.74) is 1.88. The fraction of sp³-hybridized carbons (Fsp3) is 0.333. The number of benzene rings is 3. The monoisotopic (exact) mass is 422 g/mol. The third kappa shape index (κ3) is 5.71. The van der Waals surface area contributed by atoms with E-state index < -0.39 is 23.7 Å². The van der Waals surface area contributed by atoms with Crippen molar-refractivity contribution in [3.63, 3.8) is 0 Å². The summed E-state index contributed by atoms with van der Waals surface area (Å²) in [7, 11) is 0. The van der Waals surface area contributed by atoms with Gasteiger partial charge in [-0.3, -0.25) is 0 Å². The van der Waals surface area contributed by atoms with Crippen molar-refractivity contribution in [2.45, 2.75) is 51.8 Å². The molecule has 0 spiro atoms. The van der Waals surface area contributed by atoms with Crippen LogP contribution >= 0.6 is 0 Å². The second-order valence-corrected chi connectivity index (χ2v) is 7.38. The van der Waals surface area contributed by atoms with Gasteiger partial charge >= 0.3 is 6.36 Å². The lowest BCUT2D eigenvalue weighted by Crippen LogP contribution is -2.19. The Hall–Kier alpha value is -2.63. The molecule has 0 N–H and O–H groups in total. The molecule has 0 aliphatic carbocycles. The van der Waals surface area contributed by atoms with Gasteiger partial charge < -0.3 is 4.74 Å². The molecule has 6 heteroatoms. The van der Waals surface area contributed by atoms with Crippen LogP contribution in [0.15, 0.2) is 48.5 Å². The van der Waals surface area contributed by atoms with Crippen molar-refractivity contribution in [2.75, 3.05) is 0 Å². The van der Waals surface area contributed by atoms with Gasteiger partial charge in [-0.15, -0.1) is 13.2 Å². The van der Waals surface area contributed by atoms with E-state index in [2.05, 4.69) is 17.7 Å². The maximum absolute atomic E-state index is 14.0. The van der Waals surface area contributed by atoms with Crippen LogP contribution in [0.25, 0.3) is 21.9 Å². The molecule has 0 aliphatic rings. The molecule has 0 aromatic heterocycles. The molecule has 30 heavy (non-hydrogen) atoms. The standard InChI is InChI=1S/C24H23F5O/c1-2-3-4-5-6-7-16-8-9-18-13-19(11-10-17(18)12-16)20-14-21(25)23(22(26)15-20)30-24(27,28)29/h8-15H,2-7H2,1H3.